The Labute approximate surface area is 88.3 Å². The van der Waals surface area contributed by atoms with Gasteiger partial charge in [-0.25, -0.2) is 0 Å². The summed E-state index contributed by atoms with van der Waals surface area (Å²) in [5.41, 5.74) is 0.623. The van der Waals surface area contributed by atoms with E-state index in [-0.39, 0.29) is 13.4 Å². The van der Waals surface area contributed by atoms with E-state index in [1.165, 1.54) is 0 Å². The van der Waals surface area contributed by atoms with Crippen LogP contribution in [0.4, 0.5) is 0 Å². The van der Waals surface area contributed by atoms with Gasteiger partial charge in [-0.15, -0.1) is 0 Å². The summed E-state index contributed by atoms with van der Waals surface area (Å²) in [6.45, 7) is 0.0522. The lowest BCUT2D eigenvalue weighted by Crippen LogP contribution is -1.93. The Hall–Kier alpha value is -0.450. The molecule has 1 N–H and O–H groups in total. The van der Waals surface area contributed by atoms with Crippen molar-refractivity contribution in [1.82, 2.24) is 0 Å². The van der Waals surface area contributed by atoms with E-state index in [1.807, 2.05) is 0 Å². The second-order valence-corrected chi connectivity index (χ2v) is 3.79. The van der Waals surface area contributed by atoms with Crippen LogP contribution in [0.1, 0.15) is 5.56 Å². The number of benzene rings is 1. The van der Waals surface area contributed by atoms with Crippen molar-refractivity contribution in [2.75, 3.05) is 6.79 Å². The van der Waals surface area contributed by atoms with Gasteiger partial charge in [-0.3, -0.25) is 0 Å². The summed E-state index contributed by atoms with van der Waals surface area (Å²) in [6.07, 6.45) is 0. The van der Waals surface area contributed by atoms with Crippen LogP contribution in [0.3, 0.4) is 0 Å². The van der Waals surface area contributed by atoms with Crippen LogP contribution in [0.2, 0.25) is 5.02 Å². The predicted octanol–water partition coefficient (Wildman–Crippen LogP) is 2.32. The molecule has 0 unspecified atom stereocenters. The minimum atomic E-state index is -0.117. The van der Waals surface area contributed by atoms with E-state index in [9.17, 15) is 0 Å². The molecule has 0 fully saturated rings. The first-order valence-electron chi connectivity index (χ1n) is 3.61. The maximum Gasteiger partial charge on any atom is 0.231 e. The van der Waals surface area contributed by atoms with Gasteiger partial charge < -0.3 is 14.6 Å². The van der Waals surface area contributed by atoms with Gasteiger partial charge in [-0.05, 0) is 22.0 Å². The molecule has 1 aromatic rings. The first-order chi connectivity index (χ1) is 6.24. The van der Waals surface area contributed by atoms with E-state index in [1.54, 1.807) is 6.07 Å². The number of hydrogen-bond acceptors (Lipinski definition) is 3. The normalized spacial score (nSPS) is 13.5. The van der Waals surface area contributed by atoms with Gasteiger partial charge in [0, 0.05) is 5.56 Å². The van der Waals surface area contributed by atoms with E-state index < -0.39 is 0 Å². The molecule has 5 heteroatoms. The molecule has 70 valence electrons. The molecule has 0 amide bonds. The Kier molecular flexibility index (Phi) is 2.36. The second-order valence-electron chi connectivity index (χ2n) is 2.55. The molecule has 0 aromatic heterocycles. The summed E-state index contributed by atoms with van der Waals surface area (Å²) in [5, 5.41) is 9.39. The van der Waals surface area contributed by atoms with Gasteiger partial charge in [0.2, 0.25) is 6.79 Å². The van der Waals surface area contributed by atoms with Crippen molar-refractivity contribution < 1.29 is 14.6 Å². The average Bonchev–Trinajstić information content (AvgIpc) is 2.60. The smallest absolute Gasteiger partial charge is 0.231 e. The van der Waals surface area contributed by atoms with Crippen molar-refractivity contribution in [1.29, 1.82) is 0 Å². The molecule has 1 aromatic carbocycles. The molecule has 0 saturated heterocycles. The Morgan fingerprint density at radius 1 is 1.46 bits per heavy atom. The van der Waals surface area contributed by atoms with Crippen molar-refractivity contribution in [2.24, 2.45) is 0 Å². The summed E-state index contributed by atoms with van der Waals surface area (Å²) < 4.78 is 11.1. The van der Waals surface area contributed by atoms with Gasteiger partial charge in [-0.1, -0.05) is 11.6 Å². The molecule has 1 aliphatic rings. The van der Waals surface area contributed by atoms with E-state index in [0.29, 0.717) is 22.1 Å². The lowest BCUT2D eigenvalue weighted by molar-refractivity contribution is 0.173. The lowest BCUT2D eigenvalue weighted by Gasteiger charge is -2.05. The van der Waals surface area contributed by atoms with Gasteiger partial charge in [-0.2, -0.15) is 0 Å². The standard InChI is InChI=1S/C8H6BrClO3/c9-5-1-4(2-11)6(10)8-7(5)12-3-13-8/h1,11H,2-3H2. The minimum Gasteiger partial charge on any atom is -0.452 e. The SMILES string of the molecule is OCc1cc(Br)c2c(c1Cl)OCO2. The molecule has 0 saturated carbocycles. The largest absolute Gasteiger partial charge is 0.452 e. The number of ether oxygens (including phenoxy) is 2. The van der Waals surface area contributed by atoms with Gasteiger partial charge in [0.1, 0.15) is 0 Å². The third-order valence-corrected chi connectivity index (χ3v) is 2.79. The van der Waals surface area contributed by atoms with Gasteiger partial charge in [0.05, 0.1) is 16.1 Å². The maximum absolute atomic E-state index is 8.97. The summed E-state index contributed by atoms with van der Waals surface area (Å²) in [6, 6.07) is 1.72. The number of rotatable bonds is 1. The second kappa shape index (κ2) is 3.36. The molecular weight excluding hydrogens is 259 g/mol. The molecular formula is C8H6BrClO3. The molecule has 0 bridgehead atoms. The molecule has 3 nitrogen and oxygen atoms in total. The van der Waals surface area contributed by atoms with Crippen LogP contribution in [-0.4, -0.2) is 11.9 Å². The molecule has 0 atom stereocenters. The van der Waals surface area contributed by atoms with Gasteiger partial charge in [0.25, 0.3) is 0 Å². The first-order valence-corrected chi connectivity index (χ1v) is 4.78. The topological polar surface area (TPSA) is 38.7 Å². The molecule has 1 heterocycles. The Bertz CT molecular complexity index is 354. The summed E-state index contributed by atoms with van der Waals surface area (Å²) >= 11 is 9.24. The number of fused-ring (bicyclic) bond motifs is 1. The van der Waals surface area contributed by atoms with Crippen molar-refractivity contribution in [2.45, 2.75) is 6.61 Å². The van der Waals surface area contributed by atoms with E-state index in [2.05, 4.69) is 15.9 Å². The van der Waals surface area contributed by atoms with Crippen molar-refractivity contribution >= 4 is 27.5 Å². The Balaban J connectivity index is 2.62. The molecule has 2 rings (SSSR count). The molecule has 0 radical (unpaired) electrons. The summed E-state index contributed by atoms with van der Waals surface area (Å²) in [5.74, 6) is 1.10. The summed E-state index contributed by atoms with van der Waals surface area (Å²) in [4.78, 5) is 0. The van der Waals surface area contributed by atoms with Gasteiger partial charge in [0.15, 0.2) is 11.5 Å². The lowest BCUT2D eigenvalue weighted by atomic mass is 10.2. The van der Waals surface area contributed by atoms with Crippen molar-refractivity contribution in [3.63, 3.8) is 0 Å². The highest BCUT2D eigenvalue weighted by molar-refractivity contribution is 9.10. The zero-order chi connectivity index (χ0) is 9.42. The van der Waals surface area contributed by atoms with E-state index in [4.69, 9.17) is 26.2 Å². The van der Waals surface area contributed by atoms with Crippen LogP contribution in [-0.2, 0) is 6.61 Å². The van der Waals surface area contributed by atoms with Crippen LogP contribution >= 0.6 is 27.5 Å². The van der Waals surface area contributed by atoms with E-state index >= 15 is 0 Å². The fraction of sp³-hybridized carbons (Fsp3) is 0.250. The molecule has 0 aliphatic carbocycles. The van der Waals surface area contributed by atoms with Crippen LogP contribution < -0.4 is 9.47 Å². The molecule has 1 aliphatic heterocycles. The highest BCUT2D eigenvalue weighted by Gasteiger charge is 2.22. The Morgan fingerprint density at radius 3 is 2.85 bits per heavy atom. The quantitative estimate of drug-likeness (QED) is 0.847. The average molecular weight is 265 g/mol. The third kappa shape index (κ3) is 1.39. The Morgan fingerprint density at radius 2 is 2.15 bits per heavy atom. The zero-order valence-corrected chi connectivity index (χ0v) is 8.85. The number of aliphatic hydroxyl groups is 1. The highest BCUT2D eigenvalue weighted by atomic mass is 79.9. The van der Waals surface area contributed by atoms with Crippen molar-refractivity contribution in [3.05, 3.63) is 21.1 Å². The zero-order valence-electron chi connectivity index (χ0n) is 6.51. The molecule has 0 spiro atoms. The number of aliphatic hydroxyl groups excluding tert-OH is 1. The minimum absolute atomic E-state index is 0.117. The fourth-order valence-electron chi connectivity index (χ4n) is 1.16. The monoisotopic (exact) mass is 264 g/mol. The van der Waals surface area contributed by atoms with Crippen LogP contribution in [0.5, 0.6) is 11.5 Å². The highest BCUT2D eigenvalue weighted by Crippen LogP contribution is 2.45. The predicted molar refractivity (Wildman–Crippen MR) is 51.2 cm³/mol. The van der Waals surface area contributed by atoms with Crippen LogP contribution in [0, 0.1) is 0 Å². The maximum atomic E-state index is 8.97. The molecule has 13 heavy (non-hydrogen) atoms. The van der Waals surface area contributed by atoms with Crippen LogP contribution in [0.15, 0.2) is 10.5 Å². The summed E-state index contributed by atoms with van der Waals surface area (Å²) in [7, 11) is 0. The first kappa shape index (κ1) is 9.12. The number of hydrogen-bond donors (Lipinski definition) is 1. The number of halogens is 2. The third-order valence-electron chi connectivity index (χ3n) is 1.78. The van der Waals surface area contributed by atoms with Gasteiger partial charge >= 0.3 is 0 Å². The van der Waals surface area contributed by atoms with E-state index in [0.717, 1.165) is 4.47 Å². The van der Waals surface area contributed by atoms with Crippen LogP contribution in [0.25, 0.3) is 0 Å². The fourth-order valence-corrected chi connectivity index (χ4v) is 1.99. The van der Waals surface area contributed by atoms with Crippen molar-refractivity contribution in [3.8, 4) is 11.5 Å².